The number of amides is 1. The Bertz CT molecular complexity index is 888. The van der Waals surface area contributed by atoms with E-state index in [0.29, 0.717) is 27.2 Å². The second kappa shape index (κ2) is 7.07. The number of fused-ring (bicyclic) bond motifs is 1. The van der Waals surface area contributed by atoms with E-state index in [1.165, 1.54) is 6.08 Å². The zero-order valence-corrected chi connectivity index (χ0v) is 15.3. The molecule has 24 heavy (non-hydrogen) atoms. The van der Waals surface area contributed by atoms with Gasteiger partial charge in [0.2, 0.25) is 6.79 Å². The fourth-order valence-electron chi connectivity index (χ4n) is 2.14. The van der Waals surface area contributed by atoms with Gasteiger partial charge in [-0.1, -0.05) is 12.1 Å². The highest BCUT2D eigenvalue weighted by Crippen LogP contribution is 2.40. The van der Waals surface area contributed by atoms with Crippen LogP contribution >= 0.6 is 31.9 Å². The fourth-order valence-corrected chi connectivity index (χ4v) is 3.10. The van der Waals surface area contributed by atoms with Gasteiger partial charge in [0, 0.05) is 4.47 Å². The molecule has 120 valence electrons. The molecule has 0 aliphatic carbocycles. The number of hydrogen-bond acceptors (Lipinski definition) is 4. The molecule has 1 N–H and O–H groups in total. The highest BCUT2D eigenvalue weighted by Gasteiger charge is 2.18. The maximum absolute atomic E-state index is 12.3. The standard InChI is InChI=1S/C17H10Br2N2O3/c18-12-3-1-2-4-14(12)21-17(22)11(8-20)5-10-6-13(19)16-15(7-10)23-9-24-16/h1-7H,9H2,(H,21,22)/b11-5-. The summed E-state index contributed by atoms with van der Waals surface area (Å²) in [5.74, 6) is 0.695. The summed E-state index contributed by atoms with van der Waals surface area (Å²) in [7, 11) is 0. The van der Waals surface area contributed by atoms with Crippen molar-refractivity contribution in [2.45, 2.75) is 0 Å². The summed E-state index contributed by atoms with van der Waals surface area (Å²) in [5, 5.41) is 12.0. The van der Waals surface area contributed by atoms with Gasteiger partial charge in [0.25, 0.3) is 5.91 Å². The molecule has 2 aromatic carbocycles. The summed E-state index contributed by atoms with van der Waals surface area (Å²) in [4.78, 5) is 12.3. The molecule has 0 atom stereocenters. The number of carbonyl (C=O) groups excluding carboxylic acids is 1. The van der Waals surface area contributed by atoms with Crippen LogP contribution in [0, 0.1) is 11.3 Å². The Labute approximate surface area is 155 Å². The normalized spacial score (nSPS) is 12.6. The minimum Gasteiger partial charge on any atom is -0.454 e. The van der Waals surface area contributed by atoms with E-state index in [-0.39, 0.29) is 12.4 Å². The summed E-state index contributed by atoms with van der Waals surface area (Å²) in [6.45, 7) is 0.148. The van der Waals surface area contributed by atoms with Crippen molar-refractivity contribution in [1.82, 2.24) is 0 Å². The number of ether oxygens (including phenoxy) is 2. The molecule has 1 aliphatic rings. The zero-order valence-electron chi connectivity index (χ0n) is 12.2. The van der Waals surface area contributed by atoms with E-state index in [1.54, 1.807) is 30.3 Å². The van der Waals surface area contributed by atoms with Crippen LogP contribution in [-0.4, -0.2) is 12.7 Å². The molecular weight excluding hydrogens is 440 g/mol. The number of hydrogen-bond donors (Lipinski definition) is 1. The highest BCUT2D eigenvalue weighted by atomic mass is 79.9. The van der Waals surface area contributed by atoms with E-state index in [2.05, 4.69) is 37.2 Å². The number of nitrogens with zero attached hydrogens (tertiary/aromatic N) is 1. The molecule has 0 saturated carbocycles. The molecule has 2 aromatic rings. The van der Waals surface area contributed by atoms with Crippen molar-refractivity contribution >= 4 is 49.5 Å². The van der Waals surface area contributed by atoms with Crippen LogP contribution in [0.2, 0.25) is 0 Å². The molecule has 1 amide bonds. The highest BCUT2D eigenvalue weighted by molar-refractivity contribution is 9.11. The smallest absolute Gasteiger partial charge is 0.266 e. The van der Waals surface area contributed by atoms with Gasteiger partial charge in [0.05, 0.1) is 10.2 Å². The Kier molecular flexibility index (Phi) is 4.88. The predicted molar refractivity (Wildman–Crippen MR) is 96.6 cm³/mol. The van der Waals surface area contributed by atoms with Gasteiger partial charge in [0.15, 0.2) is 11.5 Å². The third-order valence-corrected chi connectivity index (χ3v) is 4.53. The Hall–Kier alpha value is -2.30. The van der Waals surface area contributed by atoms with E-state index in [1.807, 2.05) is 12.1 Å². The topological polar surface area (TPSA) is 71.3 Å². The fraction of sp³-hybridized carbons (Fsp3) is 0.0588. The number of nitrogens with one attached hydrogen (secondary N) is 1. The van der Waals surface area contributed by atoms with Crippen molar-refractivity contribution in [1.29, 1.82) is 5.26 Å². The molecule has 5 nitrogen and oxygen atoms in total. The lowest BCUT2D eigenvalue weighted by Gasteiger charge is -2.07. The van der Waals surface area contributed by atoms with Crippen LogP contribution in [0.4, 0.5) is 5.69 Å². The Morgan fingerprint density at radius 3 is 2.75 bits per heavy atom. The van der Waals surface area contributed by atoms with Crippen LogP contribution in [0.5, 0.6) is 11.5 Å². The van der Waals surface area contributed by atoms with E-state index >= 15 is 0 Å². The molecule has 0 spiro atoms. The van der Waals surface area contributed by atoms with Crippen LogP contribution in [0.3, 0.4) is 0 Å². The first-order valence-electron chi connectivity index (χ1n) is 6.85. The molecule has 0 bridgehead atoms. The Balaban J connectivity index is 1.87. The average molecular weight is 450 g/mol. The minimum atomic E-state index is -0.488. The molecule has 3 rings (SSSR count). The van der Waals surface area contributed by atoms with Gasteiger partial charge in [-0.25, -0.2) is 0 Å². The van der Waals surface area contributed by atoms with Gasteiger partial charge < -0.3 is 14.8 Å². The van der Waals surface area contributed by atoms with Gasteiger partial charge in [0.1, 0.15) is 11.6 Å². The molecule has 1 aliphatic heterocycles. The number of benzene rings is 2. The summed E-state index contributed by atoms with van der Waals surface area (Å²) in [6.07, 6.45) is 1.50. The first-order valence-corrected chi connectivity index (χ1v) is 8.44. The van der Waals surface area contributed by atoms with Crippen molar-refractivity contribution in [2.24, 2.45) is 0 Å². The van der Waals surface area contributed by atoms with Crippen LogP contribution in [-0.2, 0) is 4.79 Å². The molecule has 0 radical (unpaired) electrons. The van der Waals surface area contributed by atoms with Crippen molar-refractivity contribution < 1.29 is 14.3 Å². The lowest BCUT2D eigenvalue weighted by atomic mass is 10.1. The number of para-hydroxylation sites is 1. The van der Waals surface area contributed by atoms with Gasteiger partial charge >= 0.3 is 0 Å². The maximum atomic E-state index is 12.3. The molecule has 0 unspecified atom stereocenters. The molecule has 0 fully saturated rings. The molecule has 0 saturated heterocycles. The lowest BCUT2D eigenvalue weighted by molar-refractivity contribution is -0.112. The van der Waals surface area contributed by atoms with Gasteiger partial charge in [-0.05, 0) is 67.8 Å². The third-order valence-electron chi connectivity index (χ3n) is 3.25. The van der Waals surface area contributed by atoms with Crippen LogP contribution in [0.1, 0.15) is 5.56 Å². The largest absolute Gasteiger partial charge is 0.454 e. The summed E-state index contributed by atoms with van der Waals surface area (Å²) < 4.78 is 12.1. The van der Waals surface area contributed by atoms with E-state index in [4.69, 9.17) is 9.47 Å². The van der Waals surface area contributed by atoms with E-state index in [9.17, 15) is 10.1 Å². The number of nitriles is 1. The summed E-state index contributed by atoms with van der Waals surface area (Å²) in [6, 6.07) is 12.6. The SMILES string of the molecule is N#C/C(=C/c1cc(Br)c2c(c1)OCO2)C(=O)Nc1ccccc1Br. The van der Waals surface area contributed by atoms with Crippen molar-refractivity contribution in [2.75, 3.05) is 12.1 Å². The van der Waals surface area contributed by atoms with Crippen LogP contribution in [0.15, 0.2) is 50.9 Å². The van der Waals surface area contributed by atoms with E-state index < -0.39 is 5.91 Å². The lowest BCUT2D eigenvalue weighted by Crippen LogP contribution is -2.13. The quantitative estimate of drug-likeness (QED) is 0.553. The van der Waals surface area contributed by atoms with Crippen molar-refractivity contribution in [3.05, 3.63) is 56.5 Å². The molecule has 0 aromatic heterocycles. The molecule has 7 heteroatoms. The second-order valence-electron chi connectivity index (χ2n) is 4.84. The summed E-state index contributed by atoms with van der Waals surface area (Å²) in [5.41, 5.74) is 1.23. The second-order valence-corrected chi connectivity index (χ2v) is 6.55. The van der Waals surface area contributed by atoms with Gasteiger partial charge in [-0.15, -0.1) is 0 Å². The van der Waals surface area contributed by atoms with Crippen molar-refractivity contribution in [3.8, 4) is 17.6 Å². The van der Waals surface area contributed by atoms with Crippen LogP contribution in [0.25, 0.3) is 6.08 Å². The number of halogens is 2. The van der Waals surface area contributed by atoms with Crippen LogP contribution < -0.4 is 14.8 Å². The summed E-state index contributed by atoms with van der Waals surface area (Å²) >= 11 is 6.74. The van der Waals surface area contributed by atoms with Gasteiger partial charge in [-0.2, -0.15) is 5.26 Å². The molecular formula is C17H10Br2N2O3. The van der Waals surface area contributed by atoms with Gasteiger partial charge in [-0.3, -0.25) is 4.79 Å². The third kappa shape index (κ3) is 3.45. The monoisotopic (exact) mass is 448 g/mol. The van der Waals surface area contributed by atoms with Crippen molar-refractivity contribution in [3.63, 3.8) is 0 Å². The number of anilines is 1. The Morgan fingerprint density at radius 1 is 1.21 bits per heavy atom. The average Bonchev–Trinajstić information content (AvgIpc) is 3.03. The first-order chi connectivity index (χ1) is 11.6. The maximum Gasteiger partial charge on any atom is 0.266 e. The minimum absolute atomic E-state index is 0.0171. The zero-order chi connectivity index (χ0) is 17.1. The van der Waals surface area contributed by atoms with E-state index in [0.717, 1.165) is 4.47 Å². The number of rotatable bonds is 3. The first kappa shape index (κ1) is 16.6. The number of carbonyl (C=O) groups is 1. The predicted octanol–water partition coefficient (Wildman–Crippen LogP) is 4.49. The Morgan fingerprint density at radius 2 is 2.00 bits per heavy atom. The molecule has 1 heterocycles.